The van der Waals surface area contributed by atoms with E-state index in [4.69, 9.17) is 17.0 Å². The van der Waals surface area contributed by atoms with Crippen LogP contribution in [0.1, 0.15) is 38.5 Å². The van der Waals surface area contributed by atoms with Crippen LogP contribution in [-0.4, -0.2) is 61.1 Å². The molecule has 1 aliphatic carbocycles. The van der Waals surface area contributed by atoms with Crippen molar-refractivity contribution in [3.05, 3.63) is 23.0 Å². The van der Waals surface area contributed by atoms with E-state index in [1.807, 2.05) is 4.57 Å². The third-order valence-electron chi connectivity index (χ3n) is 6.26. The van der Waals surface area contributed by atoms with Crippen LogP contribution in [0.15, 0.2) is 23.2 Å². The molecule has 0 N–H and O–H groups in total. The summed E-state index contributed by atoms with van der Waals surface area (Å²) in [6.45, 7) is 3.49. The van der Waals surface area contributed by atoms with Gasteiger partial charge in [0, 0.05) is 31.9 Å². The van der Waals surface area contributed by atoms with Gasteiger partial charge >= 0.3 is 0 Å². The molecular formula is C19H29N3O3S2. The highest BCUT2D eigenvalue weighted by atomic mass is 32.2. The van der Waals surface area contributed by atoms with Crippen molar-refractivity contribution in [1.29, 1.82) is 0 Å². The molecule has 8 heteroatoms. The first kappa shape index (κ1) is 19.5. The minimum absolute atomic E-state index is 0.329. The van der Waals surface area contributed by atoms with Crippen LogP contribution in [0.25, 0.3) is 0 Å². The molecule has 0 aromatic carbocycles. The second-order valence-electron chi connectivity index (χ2n) is 7.90. The molecule has 3 heterocycles. The molecule has 3 aliphatic rings. The van der Waals surface area contributed by atoms with E-state index in [9.17, 15) is 8.42 Å². The molecule has 150 valence electrons. The number of piperidine rings is 1. The Balaban J connectivity index is 1.56. The van der Waals surface area contributed by atoms with E-state index in [-0.39, 0.29) is 0 Å². The number of morpholine rings is 1. The summed E-state index contributed by atoms with van der Waals surface area (Å²) in [5, 5.41) is 0. The summed E-state index contributed by atoms with van der Waals surface area (Å²) in [5.74, 6) is 0.793. The van der Waals surface area contributed by atoms with Gasteiger partial charge in [0.2, 0.25) is 10.0 Å². The van der Waals surface area contributed by atoms with E-state index < -0.39 is 10.0 Å². The van der Waals surface area contributed by atoms with E-state index in [1.165, 1.54) is 42.8 Å². The average Bonchev–Trinajstić information content (AvgIpc) is 2.70. The Labute approximate surface area is 167 Å². The van der Waals surface area contributed by atoms with Crippen LogP contribution < -0.4 is 0 Å². The van der Waals surface area contributed by atoms with Crippen LogP contribution in [0.4, 0.5) is 0 Å². The lowest BCUT2D eigenvalue weighted by Crippen LogP contribution is -2.47. The van der Waals surface area contributed by atoms with Gasteiger partial charge < -0.3 is 9.30 Å². The number of ether oxygens (including phenoxy) is 1. The number of nitrogens with zero attached hydrogens (tertiary/aromatic N) is 3. The van der Waals surface area contributed by atoms with Gasteiger partial charge in [0.1, 0.15) is 4.64 Å². The number of sulfonamides is 1. The summed E-state index contributed by atoms with van der Waals surface area (Å²) in [6, 6.07) is 4.02. The van der Waals surface area contributed by atoms with Gasteiger partial charge in [-0.3, -0.25) is 4.90 Å². The van der Waals surface area contributed by atoms with E-state index in [2.05, 4.69) is 4.90 Å². The molecule has 0 unspecified atom stereocenters. The van der Waals surface area contributed by atoms with Crippen molar-refractivity contribution >= 4 is 22.2 Å². The maximum atomic E-state index is 13.0. The average molecular weight is 412 g/mol. The number of rotatable bonds is 4. The standard InChI is InChI=1S/C19H29N3O3S2/c23-27(24,22-10-12-25-13-11-22)17-7-8-19(26)21(14-17)15-20-9-3-5-16-4-1-2-6-18(16)20/h7-8,14,16,18H,1-6,9-13,15H2/t16-,18-/m0/s1. The Kier molecular flexibility index (Phi) is 5.99. The highest BCUT2D eigenvalue weighted by Gasteiger charge is 2.33. The van der Waals surface area contributed by atoms with Crippen LogP contribution in [0, 0.1) is 10.6 Å². The Bertz CT molecular complexity index is 816. The first-order valence-corrected chi connectivity index (χ1v) is 11.9. The lowest BCUT2D eigenvalue weighted by molar-refractivity contribution is 0.0357. The fraction of sp³-hybridized carbons (Fsp3) is 0.737. The Hall–Kier alpha value is -0.800. The highest BCUT2D eigenvalue weighted by Crippen LogP contribution is 2.35. The van der Waals surface area contributed by atoms with Crippen molar-refractivity contribution in [1.82, 2.24) is 13.8 Å². The van der Waals surface area contributed by atoms with Gasteiger partial charge in [-0.15, -0.1) is 0 Å². The smallest absolute Gasteiger partial charge is 0.244 e. The van der Waals surface area contributed by atoms with Crippen molar-refractivity contribution < 1.29 is 13.2 Å². The van der Waals surface area contributed by atoms with Crippen LogP contribution in [0.3, 0.4) is 0 Å². The molecule has 2 saturated heterocycles. The minimum atomic E-state index is -3.50. The third-order valence-corrected chi connectivity index (χ3v) is 8.51. The minimum Gasteiger partial charge on any atom is -0.379 e. The van der Waals surface area contributed by atoms with Crippen LogP contribution in [-0.2, 0) is 21.4 Å². The number of hydrogen-bond acceptors (Lipinski definition) is 5. The first-order valence-electron chi connectivity index (χ1n) is 10.1. The Morgan fingerprint density at radius 2 is 1.78 bits per heavy atom. The molecule has 0 bridgehead atoms. The van der Waals surface area contributed by atoms with Gasteiger partial charge in [-0.25, -0.2) is 8.42 Å². The summed E-state index contributed by atoms with van der Waals surface area (Å²) in [4.78, 5) is 2.85. The first-order chi connectivity index (χ1) is 13.1. The van der Waals surface area contributed by atoms with Crippen molar-refractivity contribution in [2.75, 3.05) is 32.8 Å². The molecular weight excluding hydrogens is 382 g/mol. The fourth-order valence-corrected chi connectivity index (χ4v) is 6.41. The largest absolute Gasteiger partial charge is 0.379 e. The molecule has 4 rings (SSSR count). The summed E-state index contributed by atoms with van der Waals surface area (Å²) in [5.41, 5.74) is 0. The molecule has 1 aromatic rings. The molecule has 6 nitrogen and oxygen atoms in total. The third kappa shape index (κ3) is 4.15. The number of likely N-dealkylation sites (tertiary alicyclic amines) is 1. The molecule has 1 saturated carbocycles. The van der Waals surface area contributed by atoms with Gasteiger partial charge in [0.25, 0.3) is 0 Å². The van der Waals surface area contributed by atoms with E-state index in [1.54, 1.807) is 18.3 Å². The number of aromatic nitrogens is 1. The second-order valence-corrected chi connectivity index (χ2v) is 10.3. The maximum Gasteiger partial charge on any atom is 0.244 e. The van der Waals surface area contributed by atoms with Crippen LogP contribution in [0.5, 0.6) is 0 Å². The molecule has 2 atom stereocenters. The number of pyridine rings is 1. The normalized spacial score (nSPS) is 28.0. The van der Waals surface area contributed by atoms with Crippen LogP contribution in [0.2, 0.25) is 0 Å². The van der Waals surface area contributed by atoms with Gasteiger partial charge in [-0.1, -0.05) is 25.1 Å². The van der Waals surface area contributed by atoms with Gasteiger partial charge in [0.15, 0.2) is 0 Å². The zero-order valence-corrected chi connectivity index (χ0v) is 17.4. The molecule has 0 radical (unpaired) electrons. The molecule has 3 fully saturated rings. The summed E-state index contributed by atoms with van der Waals surface area (Å²) in [7, 11) is -3.50. The van der Waals surface area contributed by atoms with E-state index in [0.717, 1.165) is 12.5 Å². The monoisotopic (exact) mass is 411 g/mol. The molecule has 0 spiro atoms. The zero-order chi connectivity index (χ0) is 18.9. The zero-order valence-electron chi connectivity index (χ0n) is 15.8. The topological polar surface area (TPSA) is 54.8 Å². The Morgan fingerprint density at radius 3 is 2.59 bits per heavy atom. The summed E-state index contributed by atoms with van der Waals surface area (Å²) < 4.78 is 35.4. The number of hydrogen-bond donors (Lipinski definition) is 0. The summed E-state index contributed by atoms with van der Waals surface area (Å²) in [6.07, 6.45) is 9.52. The highest BCUT2D eigenvalue weighted by molar-refractivity contribution is 7.89. The SMILES string of the molecule is O=S(=O)(c1ccc(=S)n(CN2CCC[C@@H]3CCCC[C@@H]32)c1)N1CCOCC1. The van der Waals surface area contributed by atoms with Crippen molar-refractivity contribution in [2.45, 2.75) is 56.1 Å². The quantitative estimate of drug-likeness (QED) is 0.713. The Morgan fingerprint density at radius 1 is 1.04 bits per heavy atom. The van der Waals surface area contributed by atoms with Gasteiger partial charge in [0.05, 0.1) is 24.8 Å². The van der Waals surface area contributed by atoms with Crippen LogP contribution >= 0.6 is 12.2 Å². The number of fused-ring (bicyclic) bond motifs is 1. The lowest BCUT2D eigenvalue weighted by Gasteiger charge is -2.44. The molecule has 0 amide bonds. The lowest BCUT2D eigenvalue weighted by atomic mass is 9.78. The predicted octanol–water partition coefficient (Wildman–Crippen LogP) is 2.85. The fourth-order valence-electron chi connectivity index (χ4n) is 4.81. The molecule has 27 heavy (non-hydrogen) atoms. The van der Waals surface area contributed by atoms with Crippen molar-refractivity contribution in [3.63, 3.8) is 0 Å². The predicted molar refractivity (Wildman–Crippen MR) is 107 cm³/mol. The van der Waals surface area contributed by atoms with Crippen molar-refractivity contribution in [3.8, 4) is 0 Å². The second kappa shape index (κ2) is 8.29. The van der Waals surface area contributed by atoms with Gasteiger partial charge in [-0.05, 0) is 43.7 Å². The maximum absolute atomic E-state index is 13.0. The van der Waals surface area contributed by atoms with E-state index in [0.29, 0.717) is 48.5 Å². The van der Waals surface area contributed by atoms with Crippen molar-refractivity contribution in [2.24, 2.45) is 5.92 Å². The molecule has 2 aliphatic heterocycles. The van der Waals surface area contributed by atoms with Gasteiger partial charge in [-0.2, -0.15) is 4.31 Å². The molecule has 1 aromatic heterocycles. The summed E-state index contributed by atoms with van der Waals surface area (Å²) >= 11 is 5.51. The van der Waals surface area contributed by atoms with E-state index >= 15 is 0 Å².